The number of hydrogen-bond donors (Lipinski definition) is 3. The molecule has 0 saturated heterocycles. The van der Waals surface area contributed by atoms with Crippen molar-refractivity contribution in [1.29, 1.82) is 0 Å². The predicted octanol–water partition coefficient (Wildman–Crippen LogP) is 2.58. The number of hydrogen-bond acceptors (Lipinski definition) is 4. The SMILES string of the molecule is CN=C(NCCNc1nccc(C(F)(F)F)n1)NCc1cccc(C)c1. The second kappa shape index (κ2) is 9.02. The minimum atomic E-state index is -4.49. The van der Waals surface area contributed by atoms with Crippen molar-refractivity contribution in [3.63, 3.8) is 0 Å². The Labute approximate surface area is 150 Å². The van der Waals surface area contributed by atoms with Gasteiger partial charge in [-0.2, -0.15) is 13.2 Å². The molecule has 0 atom stereocenters. The molecule has 26 heavy (non-hydrogen) atoms. The van der Waals surface area contributed by atoms with Crippen molar-refractivity contribution in [2.75, 3.05) is 25.5 Å². The average molecular weight is 366 g/mol. The normalized spacial score (nSPS) is 12.0. The van der Waals surface area contributed by atoms with Crippen molar-refractivity contribution < 1.29 is 13.2 Å². The lowest BCUT2D eigenvalue weighted by atomic mass is 10.1. The fraction of sp³-hybridized carbons (Fsp3) is 0.353. The highest BCUT2D eigenvalue weighted by Gasteiger charge is 2.32. The van der Waals surface area contributed by atoms with Gasteiger partial charge < -0.3 is 16.0 Å². The van der Waals surface area contributed by atoms with Gasteiger partial charge in [0.1, 0.15) is 5.69 Å². The van der Waals surface area contributed by atoms with Gasteiger partial charge in [-0.25, -0.2) is 9.97 Å². The molecule has 0 aliphatic carbocycles. The first kappa shape index (κ1) is 19.5. The lowest BCUT2D eigenvalue weighted by molar-refractivity contribution is -0.141. The number of aryl methyl sites for hydroxylation is 1. The van der Waals surface area contributed by atoms with Crippen molar-refractivity contribution in [2.24, 2.45) is 4.99 Å². The smallest absolute Gasteiger partial charge is 0.355 e. The molecule has 1 heterocycles. The van der Waals surface area contributed by atoms with E-state index in [1.165, 1.54) is 5.56 Å². The molecule has 3 N–H and O–H groups in total. The number of anilines is 1. The molecule has 0 amide bonds. The number of aromatic nitrogens is 2. The van der Waals surface area contributed by atoms with E-state index in [2.05, 4.69) is 37.0 Å². The molecule has 140 valence electrons. The summed E-state index contributed by atoms with van der Waals surface area (Å²) in [5, 5.41) is 8.99. The lowest BCUT2D eigenvalue weighted by Gasteiger charge is -2.13. The number of guanidine groups is 1. The van der Waals surface area contributed by atoms with Gasteiger partial charge in [0, 0.05) is 32.9 Å². The molecule has 0 aliphatic heterocycles. The molecule has 2 aromatic rings. The summed E-state index contributed by atoms with van der Waals surface area (Å²) in [5.41, 5.74) is 1.33. The molecule has 0 saturated carbocycles. The summed E-state index contributed by atoms with van der Waals surface area (Å²) in [6.45, 7) is 3.42. The monoisotopic (exact) mass is 366 g/mol. The second-order valence-corrected chi connectivity index (χ2v) is 5.53. The number of rotatable bonds is 6. The fourth-order valence-corrected chi connectivity index (χ4v) is 2.19. The van der Waals surface area contributed by atoms with Crippen LogP contribution in [0.5, 0.6) is 0 Å². The number of halogens is 3. The first-order chi connectivity index (χ1) is 12.4. The minimum absolute atomic E-state index is 0.0654. The molecule has 0 spiro atoms. The maximum atomic E-state index is 12.6. The van der Waals surface area contributed by atoms with Crippen molar-refractivity contribution in [1.82, 2.24) is 20.6 Å². The second-order valence-electron chi connectivity index (χ2n) is 5.53. The van der Waals surface area contributed by atoms with Crippen LogP contribution in [0.1, 0.15) is 16.8 Å². The largest absolute Gasteiger partial charge is 0.433 e. The number of benzene rings is 1. The van der Waals surface area contributed by atoms with E-state index in [9.17, 15) is 13.2 Å². The highest BCUT2D eigenvalue weighted by molar-refractivity contribution is 5.79. The maximum Gasteiger partial charge on any atom is 0.433 e. The first-order valence-corrected chi connectivity index (χ1v) is 8.02. The molecule has 1 aromatic carbocycles. The van der Waals surface area contributed by atoms with E-state index in [-0.39, 0.29) is 5.95 Å². The zero-order valence-electron chi connectivity index (χ0n) is 14.6. The van der Waals surface area contributed by atoms with E-state index < -0.39 is 11.9 Å². The third kappa shape index (κ3) is 6.23. The Bertz CT molecular complexity index is 745. The molecule has 0 radical (unpaired) electrons. The van der Waals surface area contributed by atoms with Crippen LogP contribution in [-0.4, -0.2) is 36.1 Å². The molecular weight excluding hydrogens is 345 g/mol. The summed E-state index contributed by atoms with van der Waals surface area (Å²) in [6.07, 6.45) is -3.41. The molecule has 0 fully saturated rings. The Hall–Kier alpha value is -2.84. The van der Waals surface area contributed by atoms with Crippen LogP contribution in [0.3, 0.4) is 0 Å². The van der Waals surface area contributed by atoms with Crippen LogP contribution in [0.2, 0.25) is 0 Å². The van der Waals surface area contributed by atoms with Gasteiger partial charge in [0.05, 0.1) is 0 Å². The van der Waals surface area contributed by atoms with Gasteiger partial charge in [0.2, 0.25) is 5.95 Å². The van der Waals surface area contributed by atoms with E-state index in [4.69, 9.17) is 0 Å². The van der Waals surface area contributed by atoms with Crippen LogP contribution in [0.15, 0.2) is 41.5 Å². The highest BCUT2D eigenvalue weighted by Crippen LogP contribution is 2.27. The molecule has 0 aliphatic rings. The van der Waals surface area contributed by atoms with Crippen LogP contribution < -0.4 is 16.0 Å². The zero-order valence-corrected chi connectivity index (χ0v) is 14.6. The van der Waals surface area contributed by atoms with Gasteiger partial charge in [-0.15, -0.1) is 0 Å². The first-order valence-electron chi connectivity index (χ1n) is 8.02. The van der Waals surface area contributed by atoms with Crippen LogP contribution in [0, 0.1) is 6.92 Å². The number of nitrogens with zero attached hydrogens (tertiary/aromatic N) is 3. The molecule has 1 aromatic heterocycles. The third-order valence-corrected chi connectivity index (χ3v) is 3.41. The third-order valence-electron chi connectivity index (χ3n) is 3.41. The standard InChI is InChI=1S/C17H21F3N6/c1-12-4-3-5-13(10-12)11-25-15(21-2)23-8-9-24-16-22-7-6-14(26-16)17(18,19)20/h3-7,10H,8-9,11H2,1-2H3,(H2,21,23,25)(H,22,24,26). The topological polar surface area (TPSA) is 74.2 Å². The van der Waals surface area contributed by atoms with E-state index in [0.717, 1.165) is 17.8 Å². The van der Waals surface area contributed by atoms with Gasteiger partial charge in [0.15, 0.2) is 5.96 Å². The summed E-state index contributed by atoms with van der Waals surface area (Å²) in [4.78, 5) is 11.3. The van der Waals surface area contributed by atoms with Crippen molar-refractivity contribution >= 4 is 11.9 Å². The van der Waals surface area contributed by atoms with Gasteiger partial charge >= 0.3 is 6.18 Å². The quantitative estimate of drug-likeness (QED) is 0.416. The van der Waals surface area contributed by atoms with Crippen molar-refractivity contribution in [3.05, 3.63) is 53.3 Å². The Morgan fingerprint density at radius 1 is 1.15 bits per heavy atom. The van der Waals surface area contributed by atoms with Gasteiger partial charge in [-0.05, 0) is 18.6 Å². The molecule has 0 unspecified atom stereocenters. The van der Waals surface area contributed by atoms with Gasteiger partial charge in [0.25, 0.3) is 0 Å². The number of aliphatic imine (C=N–C) groups is 1. The van der Waals surface area contributed by atoms with Crippen LogP contribution in [-0.2, 0) is 12.7 Å². The van der Waals surface area contributed by atoms with Crippen molar-refractivity contribution in [3.8, 4) is 0 Å². The summed E-state index contributed by atoms with van der Waals surface area (Å²) in [6, 6.07) is 8.94. The van der Waals surface area contributed by atoms with E-state index in [1.807, 2.05) is 25.1 Å². The minimum Gasteiger partial charge on any atom is -0.355 e. The summed E-state index contributed by atoms with van der Waals surface area (Å²) in [5.74, 6) is 0.530. The summed E-state index contributed by atoms with van der Waals surface area (Å²) < 4.78 is 37.8. The maximum absolute atomic E-state index is 12.6. The summed E-state index contributed by atoms with van der Waals surface area (Å²) >= 11 is 0. The lowest BCUT2D eigenvalue weighted by Crippen LogP contribution is -2.39. The highest BCUT2D eigenvalue weighted by atomic mass is 19.4. The van der Waals surface area contributed by atoms with E-state index >= 15 is 0 Å². The number of alkyl halides is 3. The van der Waals surface area contributed by atoms with Crippen LogP contribution in [0.25, 0.3) is 0 Å². The van der Waals surface area contributed by atoms with Crippen molar-refractivity contribution in [2.45, 2.75) is 19.6 Å². The van der Waals surface area contributed by atoms with E-state index in [1.54, 1.807) is 7.05 Å². The number of nitrogens with one attached hydrogen (secondary N) is 3. The molecular formula is C17H21F3N6. The zero-order chi connectivity index (χ0) is 19.0. The Kier molecular flexibility index (Phi) is 6.76. The molecule has 0 bridgehead atoms. The van der Waals surface area contributed by atoms with Gasteiger partial charge in [-0.1, -0.05) is 29.8 Å². The van der Waals surface area contributed by atoms with Crippen LogP contribution in [0.4, 0.5) is 19.1 Å². The Morgan fingerprint density at radius 3 is 2.65 bits per heavy atom. The Morgan fingerprint density at radius 2 is 1.96 bits per heavy atom. The average Bonchev–Trinajstić information content (AvgIpc) is 2.61. The van der Waals surface area contributed by atoms with Gasteiger partial charge in [-0.3, -0.25) is 4.99 Å². The summed E-state index contributed by atoms with van der Waals surface area (Å²) in [7, 11) is 1.65. The Balaban J connectivity index is 1.76. The molecule has 9 heteroatoms. The molecule has 6 nitrogen and oxygen atoms in total. The van der Waals surface area contributed by atoms with E-state index in [0.29, 0.717) is 25.6 Å². The predicted molar refractivity (Wildman–Crippen MR) is 94.9 cm³/mol. The fourth-order valence-electron chi connectivity index (χ4n) is 2.19. The van der Waals surface area contributed by atoms with Crippen LogP contribution >= 0.6 is 0 Å². The molecule has 2 rings (SSSR count).